The fourth-order valence-electron chi connectivity index (χ4n) is 1.20. The molecule has 0 aliphatic rings. The summed E-state index contributed by atoms with van der Waals surface area (Å²) >= 11 is 0. The van der Waals surface area contributed by atoms with Gasteiger partial charge >= 0.3 is 5.97 Å². The lowest BCUT2D eigenvalue weighted by atomic mass is 10.1. The minimum absolute atomic E-state index is 0.0821. The van der Waals surface area contributed by atoms with Crippen molar-refractivity contribution >= 4 is 16.7 Å². The van der Waals surface area contributed by atoms with Gasteiger partial charge in [0.05, 0.1) is 0 Å². The number of aliphatic hydroxyl groups is 1. The Labute approximate surface area is 93.2 Å². The van der Waals surface area contributed by atoms with Gasteiger partial charge in [0.25, 0.3) is 0 Å². The second-order valence-corrected chi connectivity index (χ2v) is 3.04. The van der Waals surface area contributed by atoms with E-state index in [4.69, 9.17) is 10.2 Å². The third-order valence-electron chi connectivity index (χ3n) is 1.85. The molecule has 0 aliphatic heterocycles. The molecular weight excluding hydrogens is 206 g/mol. The van der Waals surface area contributed by atoms with Crippen LogP contribution in [0.3, 0.4) is 0 Å². The van der Waals surface area contributed by atoms with Crippen LogP contribution in [-0.2, 0) is 0 Å². The van der Waals surface area contributed by atoms with Gasteiger partial charge in [0.2, 0.25) is 0 Å². The molecule has 4 nitrogen and oxygen atoms in total. The van der Waals surface area contributed by atoms with Crippen molar-refractivity contribution in [3.05, 3.63) is 42.2 Å². The van der Waals surface area contributed by atoms with Crippen LogP contribution >= 0.6 is 0 Å². The van der Waals surface area contributed by atoms with E-state index in [1.807, 2.05) is 24.3 Å². The zero-order chi connectivity index (χ0) is 12.0. The van der Waals surface area contributed by atoms with Crippen molar-refractivity contribution in [3.8, 4) is 0 Å². The van der Waals surface area contributed by atoms with Crippen molar-refractivity contribution in [2.24, 2.45) is 0 Å². The maximum atomic E-state index is 10.6. The summed E-state index contributed by atoms with van der Waals surface area (Å²) in [7, 11) is 0. The number of pyridine rings is 1. The number of aliphatic hydroxyl groups excluding tert-OH is 1. The van der Waals surface area contributed by atoms with Crippen LogP contribution in [0.4, 0.5) is 0 Å². The molecule has 0 bridgehead atoms. The number of hydrogen-bond donors (Lipinski definition) is 2. The number of carboxylic acid groups (broad SMARTS) is 1. The predicted molar refractivity (Wildman–Crippen MR) is 61.5 cm³/mol. The SMILES string of the molecule is CCO.O=C(O)c1cc2ccccc2cn1. The number of aromatic nitrogens is 1. The first-order valence-corrected chi connectivity index (χ1v) is 4.88. The highest BCUT2D eigenvalue weighted by Crippen LogP contribution is 2.12. The Balaban J connectivity index is 0.000000386. The molecule has 0 saturated carbocycles. The van der Waals surface area contributed by atoms with E-state index in [2.05, 4.69) is 4.98 Å². The van der Waals surface area contributed by atoms with E-state index in [1.165, 1.54) is 0 Å². The molecule has 16 heavy (non-hydrogen) atoms. The smallest absolute Gasteiger partial charge is 0.354 e. The number of nitrogens with zero attached hydrogens (tertiary/aromatic N) is 1. The molecule has 0 spiro atoms. The van der Waals surface area contributed by atoms with Gasteiger partial charge in [-0.2, -0.15) is 0 Å². The van der Waals surface area contributed by atoms with Gasteiger partial charge in [0, 0.05) is 18.2 Å². The molecule has 2 rings (SSSR count). The summed E-state index contributed by atoms with van der Waals surface area (Å²) in [5.41, 5.74) is 0.0821. The third-order valence-corrected chi connectivity index (χ3v) is 1.85. The first-order valence-electron chi connectivity index (χ1n) is 4.88. The molecular formula is C12H13NO3. The maximum Gasteiger partial charge on any atom is 0.354 e. The topological polar surface area (TPSA) is 70.4 Å². The van der Waals surface area contributed by atoms with Crippen LogP contribution in [0.2, 0.25) is 0 Å². The van der Waals surface area contributed by atoms with Crippen molar-refractivity contribution in [1.29, 1.82) is 0 Å². The molecule has 84 valence electrons. The van der Waals surface area contributed by atoms with Gasteiger partial charge < -0.3 is 10.2 Å². The number of fused-ring (bicyclic) bond motifs is 1. The summed E-state index contributed by atoms with van der Waals surface area (Å²) in [6.45, 7) is 1.93. The lowest BCUT2D eigenvalue weighted by molar-refractivity contribution is 0.0690. The average Bonchev–Trinajstić information content (AvgIpc) is 2.29. The van der Waals surface area contributed by atoms with Gasteiger partial charge in [0.1, 0.15) is 5.69 Å². The Morgan fingerprint density at radius 3 is 2.44 bits per heavy atom. The minimum Gasteiger partial charge on any atom is -0.477 e. The average molecular weight is 219 g/mol. The molecule has 0 radical (unpaired) electrons. The third kappa shape index (κ3) is 3.03. The summed E-state index contributed by atoms with van der Waals surface area (Å²) in [5, 5.41) is 18.1. The van der Waals surface area contributed by atoms with Gasteiger partial charge in [-0.25, -0.2) is 9.78 Å². The molecule has 0 unspecified atom stereocenters. The summed E-state index contributed by atoms with van der Waals surface area (Å²) in [6, 6.07) is 9.09. The number of rotatable bonds is 1. The van der Waals surface area contributed by atoms with Gasteiger partial charge in [-0.1, -0.05) is 24.3 Å². The molecule has 4 heteroatoms. The Kier molecular flexibility index (Phi) is 4.42. The van der Waals surface area contributed by atoms with Gasteiger partial charge in [-0.05, 0) is 18.4 Å². The van der Waals surface area contributed by atoms with Crippen LogP contribution < -0.4 is 0 Å². The van der Waals surface area contributed by atoms with Crippen molar-refractivity contribution < 1.29 is 15.0 Å². The predicted octanol–water partition coefficient (Wildman–Crippen LogP) is 1.93. The first kappa shape index (κ1) is 12.1. The van der Waals surface area contributed by atoms with Crippen LogP contribution in [0.1, 0.15) is 17.4 Å². The van der Waals surface area contributed by atoms with E-state index < -0.39 is 5.97 Å². The monoisotopic (exact) mass is 219 g/mol. The van der Waals surface area contributed by atoms with Crippen molar-refractivity contribution in [1.82, 2.24) is 4.98 Å². The number of carboxylic acids is 1. The van der Waals surface area contributed by atoms with E-state index >= 15 is 0 Å². The van der Waals surface area contributed by atoms with Crippen molar-refractivity contribution in [2.45, 2.75) is 6.92 Å². The second-order valence-electron chi connectivity index (χ2n) is 3.04. The highest BCUT2D eigenvalue weighted by molar-refractivity contribution is 5.91. The zero-order valence-electron chi connectivity index (χ0n) is 8.92. The second kappa shape index (κ2) is 5.82. The Morgan fingerprint density at radius 1 is 1.31 bits per heavy atom. The van der Waals surface area contributed by atoms with Gasteiger partial charge in [-0.15, -0.1) is 0 Å². The number of hydrogen-bond acceptors (Lipinski definition) is 3. The Hall–Kier alpha value is -1.94. The zero-order valence-corrected chi connectivity index (χ0v) is 8.92. The molecule has 0 saturated heterocycles. The summed E-state index contributed by atoms with van der Waals surface area (Å²) in [4.78, 5) is 14.4. The van der Waals surface area contributed by atoms with E-state index in [9.17, 15) is 4.79 Å². The molecule has 2 N–H and O–H groups in total. The molecule has 0 amide bonds. The van der Waals surface area contributed by atoms with Crippen molar-refractivity contribution in [3.63, 3.8) is 0 Å². The number of aromatic carboxylic acids is 1. The molecule has 0 aliphatic carbocycles. The minimum atomic E-state index is -0.995. The molecule has 2 aromatic rings. The van der Waals surface area contributed by atoms with Crippen LogP contribution in [0.25, 0.3) is 10.8 Å². The normalized spacial score (nSPS) is 9.38. The quantitative estimate of drug-likeness (QED) is 0.768. The number of benzene rings is 1. The van der Waals surface area contributed by atoms with Crippen molar-refractivity contribution in [2.75, 3.05) is 6.61 Å². The molecule has 1 aromatic carbocycles. The Morgan fingerprint density at radius 2 is 1.88 bits per heavy atom. The Bertz CT molecular complexity index is 482. The summed E-state index contributed by atoms with van der Waals surface area (Å²) < 4.78 is 0. The molecule has 0 atom stereocenters. The number of carbonyl (C=O) groups is 1. The highest BCUT2D eigenvalue weighted by atomic mass is 16.4. The van der Waals surface area contributed by atoms with E-state index in [0.29, 0.717) is 0 Å². The van der Waals surface area contributed by atoms with Gasteiger partial charge in [-0.3, -0.25) is 0 Å². The fraction of sp³-hybridized carbons (Fsp3) is 0.167. The van der Waals surface area contributed by atoms with Crippen LogP contribution in [0, 0.1) is 0 Å². The van der Waals surface area contributed by atoms with E-state index in [-0.39, 0.29) is 12.3 Å². The lowest BCUT2D eigenvalue weighted by Gasteiger charge is -1.97. The summed E-state index contributed by atoms with van der Waals surface area (Å²) in [5.74, 6) is -0.995. The van der Waals surface area contributed by atoms with E-state index in [0.717, 1.165) is 10.8 Å². The van der Waals surface area contributed by atoms with Crippen LogP contribution in [0.5, 0.6) is 0 Å². The fourth-order valence-corrected chi connectivity index (χ4v) is 1.20. The lowest BCUT2D eigenvalue weighted by Crippen LogP contribution is -1.98. The maximum absolute atomic E-state index is 10.6. The first-order chi connectivity index (χ1) is 7.69. The molecule has 1 aromatic heterocycles. The molecule has 1 heterocycles. The highest BCUT2D eigenvalue weighted by Gasteiger charge is 2.03. The largest absolute Gasteiger partial charge is 0.477 e. The van der Waals surface area contributed by atoms with Crippen LogP contribution in [-0.4, -0.2) is 27.8 Å². The standard InChI is InChI=1S/C10H7NO2.C2H6O/c12-10(13)9-5-7-3-1-2-4-8(7)6-11-9;1-2-3/h1-6H,(H,12,13);3H,2H2,1H3. The van der Waals surface area contributed by atoms with Crippen LogP contribution in [0.15, 0.2) is 36.5 Å². The van der Waals surface area contributed by atoms with Gasteiger partial charge in [0.15, 0.2) is 0 Å². The summed E-state index contributed by atoms with van der Waals surface area (Å²) in [6.07, 6.45) is 1.57. The molecule has 0 fully saturated rings. The van der Waals surface area contributed by atoms with E-state index in [1.54, 1.807) is 19.2 Å².